The number of sulfonamides is 1. The first kappa shape index (κ1) is 14.9. The Bertz CT molecular complexity index is 455. The van der Waals surface area contributed by atoms with Crippen molar-refractivity contribution in [2.24, 2.45) is 0 Å². The highest BCUT2D eigenvalue weighted by Crippen LogP contribution is 1.99. The summed E-state index contributed by atoms with van der Waals surface area (Å²) < 4.78 is 24.0. The van der Waals surface area contributed by atoms with E-state index in [1.165, 1.54) is 11.8 Å². The Kier molecular flexibility index (Phi) is 6.64. The molecule has 0 aliphatic rings. The molecule has 2 N–H and O–H groups in total. The van der Waals surface area contributed by atoms with Crippen molar-refractivity contribution in [3.63, 3.8) is 0 Å². The lowest BCUT2D eigenvalue weighted by molar-refractivity contribution is 0.582. The van der Waals surface area contributed by atoms with Crippen molar-refractivity contribution in [1.82, 2.24) is 10.0 Å². The van der Waals surface area contributed by atoms with E-state index >= 15 is 0 Å². The van der Waals surface area contributed by atoms with Crippen LogP contribution in [0.3, 0.4) is 0 Å². The Morgan fingerprint density at radius 3 is 2.56 bits per heavy atom. The van der Waals surface area contributed by atoms with Crippen LogP contribution in [0.4, 0.5) is 0 Å². The Balaban J connectivity index is 2.04. The van der Waals surface area contributed by atoms with E-state index in [4.69, 9.17) is 0 Å². The minimum atomic E-state index is -3.05. The third kappa shape index (κ3) is 8.00. The van der Waals surface area contributed by atoms with Crippen LogP contribution in [0.25, 0.3) is 6.08 Å². The van der Waals surface area contributed by atoms with E-state index in [-0.39, 0.29) is 0 Å². The molecule has 0 heterocycles. The van der Waals surface area contributed by atoms with Crippen LogP contribution in [0, 0.1) is 0 Å². The monoisotopic (exact) mass is 268 g/mol. The van der Waals surface area contributed by atoms with Gasteiger partial charge in [-0.05, 0) is 18.5 Å². The lowest BCUT2D eigenvalue weighted by Gasteiger charge is -2.02. The fourth-order valence-electron chi connectivity index (χ4n) is 1.42. The van der Waals surface area contributed by atoms with Crippen molar-refractivity contribution < 1.29 is 8.42 Å². The van der Waals surface area contributed by atoms with Crippen molar-refractivity contribution in [1.29, 1.82) is 0 Å². The largest absolute Gasteiger partial charge is 0.313 e. The summed E-state index contributed by atoms with van der Waals surface area (Å²) in [5, 5.41) is 3.22. The quantitative estimate of drug-likeness (QED) is 0.697. The number of benzene rings is 1. The second kappa shape index (κ2) is 8.02. The highest BCUT2D eigenvalue weighted by atomic mass is 32.2. The maximum absolute atomic E-state index is 10.8. The van der Waals surface area contributed by atoms with E-state index in [9.17, 15) is 8.42 Å². The summed E-state index contributed by atoms with van der Waals surface area (Å²) in [6.45, 7) is 2.06. The molecule has 0 aromatic heterocycles. The average Bonchev–Trinajstić information content (AvgIpc) is 2.32. The highest BCUT2D eigenvalue weighted by Gasteiger charge is 1.97. The van der Waals surface area contributed by atoms with Gasteiger partial charge in [-0.25, -0.2) is 13.1 Å². The molecule has 1 aromatic rings. The van der Waals surface area contributed by atoms with Gasteiger partial charge in [-0.1, -0.05) is 42.5 Å². The summed E-state index contributed by atoms with van der Waals surface area (Å²) >= 11 is 0. The van der Waals surface area contributed by atoms with Gasteiger partial charge in [0.15, 0.2) is 0 Å². The molecule has 0 saturated carbocycles. The van der Waals surface area contributed by atoms with E-state index in [0.717, 1.165) is 19.5 Å². The van der Waals surface area contributed by atoms with Crippen LogP contribution in [0.1, 0.15) is 12.0 Å². The highest BCUT2D eigenvalue weighted by molar-refractivity contribution is 7.88. The Hall–Kier alpha value is -1.17. The van der Waals surface area contributed by atoms with Crippen LogP contribution in [0.15, 0.2) is 36.4 Å². The molecule has 0 fully saturated rings. The molecule has 4 nitrogen and oxygen atoms in total. The van der Waals surface area contributed by atoms with Crippen molar-refractivity contribution >= 4 is 16.1 Å². The first-order valence-electron chi connectivity index (χ1n) is 5.95. The minimum absolute atomic E-state index is 0.480. The smallest absolute Gasteiger partial charge is 0.208 e. The fraction of sp³-hybridized carbons (Fsp3) is 0.385. The lowest BCUT2D eigenvalue weighted by atomic mass is 10.2. The van der Waals surface area contributed by atoms with E-state index in [1.54, 1.807) is 0 Å². The van der Waals surface area contributed by atoms with Gasteiger partial charge in [-0.15, -0.1) is 0 Å². The van der Waals surface area contributed by atoms with Crippen LogP contribution in [0.5, 0.6) is 0 Å². The Morgan fingerprint density at radius 1 is 1.17 bits per heavy atom. The summed E-state index contributed by atoms with van der Waals surface area (Å²) in [7, 11) is -3.05. The molecule has 5 heteroatoms. The van der Waals surface area contributed by atoms with Crippen molar-refractivity contribution in [3.05, 3.63) is 42.0 Å². The molecule has 0 aliphatic carbocycles. The topological polar surface area (TPSA) is 58.2 Å². The molecular weight excluding hydrogens is 248 g/mol. The molecule has 18 heavy (non-hydrogen) atoms. The molecule has 0 bridgehead atoms. The molecule has 0 aliphatic heterocycles. The Morgan fingerprint density at radius 2 is 1.89 bits per heavy atom. The first-order valence-corrected chi connectivity index (χ1v) is 7.84. The van der Waals surface area contributed by atoms with Gasteiger partial charge in [0.1, 0.15) is 0 Å². The molecule has 0 unspecified atom stereocenters. The molecule has 0 radical (unpaired) electrons. The molecule has 0 amide bonds. The van der Waals surface area contributed by atoms with Gasteiger partial charge < -0.3 is 5.32 Å². The normalized spacial score (nSPS) is 12.1. The molecule has 1 rings (SSSR count). The summed E-state index contributed by atoms with van der Waals surface area (Å²) in [6.07, 6.45) is 6.07. The van der Waals surface area contributed by atoms with Crippen LogP contribution in [-0.4, -0.2) is 34.3 Å². The van der Waals surface area contributed by atoms with Crippen molar-refractivity contribution in [3.8, 4) is 0 Å². The second-order valence-electron chi connectivity index (χ2n) is 4.04. The molecular formula is C13H20N2O2S. The van der Waals surface area contributed by atoms with E-state index in [0.29, 0.717) is 6.54 Å². The number of hydrogen-bond donors (Lipinski definition) is 2. The van der Waals surface area contributed by atoms with Gasteiger partial charge in [0, 0.05) is 13.1 Å². The second-order valence-corrected chi connectivity index (χ2v) is 5.87. The zero-order valence-corrected chi connectivity index (χ0v) is 11.4. The van der Waals surface area contributed by atoms with E-state index < -0.39 is 10.0 Å². The Labute approximate surface area is 109 Å². The predicted octanol–water partition coefficient (Wildman–Crippen LogP) is 1.23. The lowest BCUT2D eigenvalue weighted by Crippen LogP contribution is -2.26. The van der Waals surface area contributed by atoms with Crippen molar-refractivity contribution in [2.45, 2.75) is 6.42 Å². The summed E-state index contributed by atoms with van der Waals surface area (Å²) in [4.78, 5) is 0. The van der Waals surface area contributed by atoms with Crippen LogP contribution in [-0.2, 0) is 10.0 Å². The zero-order valence-electron chi connectivity index (χ0n) is 10.6. The summed E-state index contributed by atoms with van der Waals surface area (Å²) in [5.74, 6) is 0. The summed E-state index contributed by atoms with van der Waals surface area (Å²) in [5.41, 5.74) is 1.18. The number of hydrogen-bond acceptors (Lipinski definition) is 3. The minimum Gasteiger partial charge on any atom is -0.313 e. The van der Waals surface area contributed by atoms with Crippen LogP contribution < -0.4 is 10.0 Å². The van der Waals surface area contributed by atoms with Gasteiger partial charge in [-0.2, -0.15) is 0 Å². The third-order valence-corrected chi connectivity index (χ3v) is 3.00. The molecule has 0 atom stereocenters. The first-order chi connectivity index (χ1) is 8.58. The number of rotatable bonds is 8. The van der Waals surface area contributed by atoms with Crippen molar-refractivity contribution in [2.75, 3.05) is 25.9 Å². The van der Waals surface area contributed by atoms with Gasteiger partial charge in [-0.3, -0.25) is 0 Å². The third-order valence-electron chi connectivity index (χ3n) is 2.27. The zero-order chi connectivity index (χ0) is 13.3. The van der Waals surface area contributed by atoms with Crippen LogP contribution in [0.2, 0.25) is 0 Å². The maximum Gasteiger partial charge on any atom is 0.208 e. The van der Waals surface area contributed by atoms with E-state index in [1.807, 2.05) is 30.3 Å². The van der Waals surface area contributed by atoms with Crippen LogP contribution >= 0.6 is 0 Å². The molecule has 100 valence electrons. The summed E-state index contributed by atoms with van der Waals surface area (Å²) in [6, 6.07) is 10.1. The molecule has 0 spiro atoms. The number of nitrogens with one attached hydrogen (secondary N) is 2. The standard InChI is InChI=1S/C13H20N2O2S/c1-18(16,17)15-12-6-11-14-10-5-9-13-7-3-2-4-8-13/h2-5,7-9,14-15H,6,10-12H2,1H3/b9-5+. The van der Waals surface area contributed by atoms with Gasteiger partial charge in [0.25, 0.3) is 0 Å². The average molecular weight is 268 g/mol. The van der Waals surface area contributed by atoms with Gasteiger partial charge >= 0.3 is 0 Å². The molecule has 1 aromatic carbocycles. The van der Waals surface area contributed by atoms with E-state index in [2.05, 4.69) is 22.2 Å². The van der Waals surface area contributed by atoms with Gasteiger partial charge in [0.2, 0.25) is 10.0 Å². The molecule has 0 saturated heterocycles. The van der Waals surface area contributed by atoms with Gasteiger partial charge in [0.05, 0.1) is 6.26 Å². The predicted molar refractivity (Wildman–Crippen MR) is 75.8 cm³/mol. The fourth-order valence-corrected chi connectivity index (χ4v) is 1.93. The SMILES string of the molecule is CS(=O)(=O)NCCCNC/C=C/c1ccccc1. The maximum atomic E-state index is 10.8.